The molecular weight excluding hydrogens is 445 g/mol. The molecule has 1 N–H and O–H groups in total. The van der Waals surface area contributed by atoms with Crippen molar-refractivity contribution in [2.75, 3.05) is 18.0 Å². The number of benzene rings is 2. The van der Waals surface area contributed by atoms with E-state index in [4.69, 9.17) is 0 Å². The van der Waals surface area contributed by atoms with E-state index in [1.165, 1.54) is 16.8 Å². The minimum absolute atomic E-state index is 0.0241. The molecule has 0 bridgehead atoms. The van der Waals surface area contributed by atoms with E-state index in [9.17, 15) is 22.8 Å². The second kappa shape index (κ2) is 10.1. The van der Waals surface area contributed by atoms with Gasteiger partial charge in [-0.2, -0.15) is 18.3 Å². The summed E-state index contributed by atoms with van der Waals surface area (Å²) in [5.74, 6) is -0.543. The number of anilines is 1. The quantitative estimate of drug-likeness (QED) is 0.595. The Bertz CT molecular complexity index is 1190. The summed E-state index contributed by atoms with van der Waals surface area (Å²) in [6.07, 6.45) is -1.36. The van der Waals surface area contributed by atoms with Crippen LogP contribution in [0.3, 0.4) is 0 Å². The molecule has 0 radical (unpaired) electrons. The number of nitrogens with zero attached hydrogens (tertiary/aromatic N) is 3. The summed E-state index contributed by atoms with van der Waals surface area (Å²) in [6.45, 7) is 1.51. The van der Waals surface area contributed by atoms with Gasteiger partial charge in [0.25, 0.3) is 5.56 Å². The number of nitrogens with one attached hydrogen (secondary N) is 1. The van der Waals surface area contributed by atoms with Gasteiger partial charge < -0.3 is 10.2 Å². The van der Waals surface area contributed by atoms with Crippen molar-refractivity contribution >= 4 is 11.6 Å². The summed E-state index contributed by atoms with van der Waals surface area (Å²) in [7, 11) is 0. The van der Waals surface area contributed by atoms with Crippen molar-refractivity contribution in [2.45, 2.75) is 32.1 Å². The molecule has 9 heteroatoms. The van der Waals surface area contributed by atoms with E-state index in [1.54, 1.807) is 12.3 Å². The third kappa shape index (κ3) is 5.84. The van der Waals surface area contributed by atoms with Gasteiger partial charge in [0.15, 0.2) is 0 Å². The standard InChI is InChI=1S/C25H25F3N4O2/c26-25(27,28)21-10-4-8-19(12-21)14-29-24(34)20-9-5-11-31(17-20)22-13-23(33)32(30-15-22)16-18-6-2-1-3-7-18/h1-4,6-8,10,12-13,15,20H,5,9,11,14,16-17H2,(H,29,34)/t20-/m1/s1. The van der Waals surface area contributed by atoms with E-state index >= 15 is 0 Å². The molecule has 1 saturated heterocycles. The lowest BCUT2D eigenvalue weighted by Gasteiger charge is -2.33. The molecule has 1 fully saturated rings. The Labute approximate surface area is 195 Å². The molecule has 2 heterocycles. The fraction of sp³-hybridized carbons (Fsp3) is 0.320. The first-order chi connectivity index (χ1) is 16.3. The highest BCUT2D eigenvalue weighted by Crippen LogP contribution is 2.29. The second-order valence-corrected chi connectivity index (χ2v) is 8.40. The molecule has 1 amide bonds. The number of halogens is 3. The average Bonchev–Trinajstić information content (AvgIpc) is 2.84. The number of hydrogen-bond donors (Lipinski definition) is 1. The van der Waals surface area contributed by atoms with Crippen molar-refractivity contribution < 1.29 is 18.0 Å². The number of carbonyl (C=O) groups is 1. The van der Waals surface area contributed by atoms with Crippen LogP contribution in [0.25, 0.3) is 0 Å². The first kappa shape index (κ1) is 23.5. The molecule has 1 aliphatic heterocycles. The molecule has 4 rings (SSSR count). The van der Waals surface area contributed by atoms with Crippen molar-refractivity contribution in [1.29, 1.82) is 0 Å². The second-order valence-electron chi connectivity index (χ2n) is 8.40. The van der Waals surface area contributed by atoms with Gasteiger partial charge in [0.05, 0.1) is 29.9 Å². The molecule has 0 spiro atoms. The van der Waals surface area contributed by atoms with E-state index in [1.807, 2.05) is 35.2 Å². The molecule has 0 saturated carbocycles. The average molecular weight is 470 g/mol. The molecule has 0 aliphatic carbocycles. The van der Waals surface area contributed by atoms with E-state index in [2.05, 4.69) is 10.4 Å². The van der Waals surface area contributed by atoms with Crippen LogP contribution in [0.2, 0.25) is 0 Å². The van der Waals surface area contributed by atoms with Crippen LogP contribution in [-0.4, -0.2) is 28.8 Å². The Morgan fingerprint density at radius 2 is 1.82 bits per heavy atom. The topological polar surface area (TPSA) is 67.2 Å². The Hall–Kier alpha value is -3.62. The van der Waals surface area contributed by atoms with Gasteiger partial charge in [-0.05, 0) is 36.1 Å². The molecule has 34 heavy (non-hydrogen) atoms. The predicted octanol–water partition coefficient (Wildman–Crippen LogP) is 3.84. The van der Waals surface area contributed by atoms with Gasteiger partial charge in [0.2, 0.25) is 5.91 Å². The molecule has 2 aromatic carbocycles. The number of amides is 1. The molecule has 1 aromatic heterocycles. The molecule has 3 aromatic rings. The third-order valence-electron chi connectivity index (χ3n) is 5.91. The van der Waals surface area contributed by atoms with Crippen LogP contribution in [-0.2, 0) is 24.1 Å². The van der Waals surface area contributed by atoms with Crippen molar-refractivity contribution in [3.05, 3.63) is 93.9 Å². The largest absolute Gasteiger partial charge is 0.416 e. The normalized spacial score (nSPS) is 16.3. The highest BCUT2D eigenvalue weighted by molar-refractivity contribution is 5.79. The predicted molar refractivity (Wildman–Crippen MR) is 122 cm³/mol. The zero-order valence-electron chi connectivity index (χ0n) is 18.5. The van der Waals surface area contributed by atoms with Gasteiger partial charge in [-0.15, -0.1) is 0 Å². The first-order valence-corrected chi connectivity index (χ1v) is 11.1. The van der Waals surface area contributed by atoms with E-state index < -0.39 is 11.7 Å². The van der Waals surface area contributed by atoms with Gasteiger partial charge in [-0.1, -0.05) is 42.5 Å². The first-order valence-electron chi connectivity index (χ1n) is 11.1. The zero-order valence-corrected chi connectivity index (χ0v) is 18.5. The molecule has 1 atom stereocenters. The molecule has 1 aliphatic rings. The lowest BCUT2D eigenvalue weighted by molar-refractivity contribution is -0.137. The Morgan fingerprint density at radius 3 is 2.56 bits per heavy atom. The van der Waals surface area contributed by atoms with E-state index in [-0.39, 0.29) is 23.9 Å². The fourth-order valence-electron chi connectivity index (χ4n) is 4.09. The van der Waals surface area contributed by atoms with Gasteiger partial charge in [-0.3, -0.25) is 9.59 Å². The van der Waals surface area contributed by atoms with Crippen LogP contribution in [0.5, 0.6) is 0 Å². The molecule has 0 unspecified atom stereocenters. The van der Waals surface area contributed by atoms with Crippen molar-refractivity contribution in [2.24, 2.45) is 5.92 Å². The van der Waals surface area contributed by atoms with Crippen LogP contribution < -0.4 is 15.8 Å². The van der Waals surface area contributed by atoms with Crippen LogP contribution in [0, 0.1) is 5.92 Å². The smallest absolute Gasteiger partial charge is 0.369 e. The lowest BCUT2D eigenvalue weighted by Crippen LogP contribution is -2.43. The van der Waals surface area contributed by atoms with Gasteiger partial charge in [0.1, 0.15) is 0 Å². The van der Waals surface area contributed by atoms with Crippen LogP contribution in [0.15, 0.2) is 71.7 Å². The molecular formula is C25H25F3N4O2. The van der Waals surface area contributed by atoms with Crippen LogP contribution in [0.1, 0.15) is 29.5 Å². The highest BCUT2D eigenvalue weighted by Gasteiger charge is 2.30. The molecule has 178 valence electrons. The van der Waals surface area contributed by atoms with Crippen molar-refractivity contribution in [1.82, 2.24) is 15.1 Å². The van der Waals surface area contributed by atoms with Gasteiger partial charge >= 0.3 is 6.18 Å². The fourth-order valence-corrected chi connectivity index (χ4v) is 4.09. The lowest BCUT2D eigenvalue weighted by atomic mass is 9.96. The Balaban J connectivity index is 1.37. The van der Waals surface area contributed by atoms with Crippen LogP contribution >= 0.6 is 0 Å². The summed E-state index contributed by atoms with van der Waals surface area (Å²) >= 11 is 0. The van der Waals surface area contributed by atoms with E-state index in [0.717, 1.165) is 24.1 Å². The Morgan fingerprint density at radius 1 is 1.06 bits per heavy atom. The maximum atomic E-state index is 12.9. The summed E-state index contributed by atoms with van der Waals surface area (Å²) < 4.78 is 40.1. The zero-order chi connectivity index (χ0) is 24.1. The minimum Gasteiger partial charge on any atom is -0.369 e. The number of alkyl halides is 3. The number of carbonyl (C=O) groups excluding carboxylic acids is 1. The van der Waals surface area contributed by atoms with Crippen LogP contribution in [0.4, 0.5) is 18.9 Å². The summed E-state index contributed by atoms with van der Waals surface area (Å²) in [4.78, 5) is 27.2. The van der Waals surface area contributed by atoms with Crippen molar-refractivity contribution in [3.63, 3.8) is 0 Å². The molecule has 6 nitrogen and oxygen atoms in total. The SMILES string of the molecule is O=C(NCc1cccc(C(F)(F)F)c1)[C@@H]1CCCN(c2cnn(Cc3ccccc3)c(=O)c2)C1. The number of piperidine rings is 1. The van der Waals surface area contributed by atoms with Crippen molar-refractivity contribution in [3.8, 4) is 0 Å². The van der Waals surface area contributed by atoms with Gasteiger partial charge in [-0.25, -0.2) is 4.68 Å². The number of hydrogen-bond acceptors (Lipinski definition) is 4. The Kier molecular flexibility index (Phi) is 7.00. The maximum Gasteiger partial charge on any atom is 0.416 e. The third-order valence-corrected chi connectivity index (χ3v) is 5.91. The summed E-state index contributed by atoms with van der Waals surface area (Å²) in [5.41, 5.74) is 1.06. The van der Waals surface area contributed by atoms with E-state index in [0.29, 0.717) is 37.3 Å². The number of aromatic nitrogens is 2. The highest BCUT2D eigenvalue weighted by atomic mass is 19.4. The summed E-state index contributed by atoms with van der Waals surface area (Å²) in [6, 6.07) is 16.0. The number of rotatable bonds is 6. The summed E-state index contributed by atoms with van der Waals surface area (Å²) in [5, 5.41) is 7.05. The van der Waals surface area contributed by atoms with Gasteiger partial charge in [0, 0.05) is 25.7 Å². The monoisotopic (exact) mass is 470 g/mol. The maximum absolute atomic E-state index is 12.9. The minimum atomic E-state index is -4.42.